The molecule has 0 amide bonds. The highest BCUT2D eigenvalue weighted by Gasteiger charge is 2.36. The number of aryl methyl sites for hydroxylation is 1. The summed E-state index contributed by atoms with van der Waals surface area (Å²) >= 11 is 1.33. The van der Waals surface area contributed by atoms with E-state index in [1.807, 2.05) is 6.07 Å². The maximum absolute atomic E-state index is 13.3. The summed E-state index contributed by atoms with van der Waals surface area (Å²) in [4.78, 5) is 11.7. The van der Waals surface area contributed by atoms with Gasteiger partial charge in [0.05, 0.1) is 5.54 Å². The molecule has 16 heavy (non-hydrogen) atoms. The molecule has 1 aromatic carbocycles. The Bertz CT molecular complexity index is 404. The molecule has 0 bridgehead atoms. The second-order valence-corrected chi connectivity index (χ2v) is 5.12. The van der Waals surface area contributed by atoms with Crippen LogP contribution in [0.5, 0.6) is 0 Å². The first kappa shape index (κ1) is 11.6. The molecule has 0 atom stereocenters. The maximum Gasteiger partial charge on any atom is 0.140 e. The zero-order valence-corrected chi connectivity index (χ0v) is 9.94. The predicted molar refractivity (Wildman–Crippen MR) is 62.8 cm³/mol. The molecule has 0 saturated heterocycles. The van der Waals surface area contributed by atoms with E-state index < -0.39 is 0 Å². The summed E-state index contributed by atoms with van der Waals surface area (Å²) in [5.74, 6) is -0.208. The normalized spacial score (nSPS) is 17.9. The summed E-state index contributed by atoms with van der Waals surface area (Å²) in [6, 6.07) is 5.09. The van der Waals surface area contributed by atoms with Crippen molar-refractivity contribution in [1.82, 2.24) is 4.72 Å². The minimum Gasteiger partial charge on any atom is -0.301 e. The van der Waals surface area contributed by atoms with Gasteiger partial charge in [-0.05, 0) is 55.8 Å². The highest BCUT2D eigenvalue weighted by molar-refractivity contribution is 7.97. The van der Waals surface area contributed by atoms with Gasteiger partial charge in [0.25, 0.3) is 0 Å². The van der Waals surface area contributed by atoms with Crippen LogP contribution in [0, 0.1) is 12.7 Å². The predicted octanol–water partition coefficient (Wildman–Crippen LogP) is 2.85. The molecule has 0 radical (unpaired) electrons. The number of aldehydes is 1. The molecule has 1 saturated carbocycles. The fourth-order valence-corrected chi connectivity index (χ4v) is 2.47. The van der Waals surface area contributed by atoms with Crippen LogP contribution in [0.25, 0.3) is 0 Å². The smallest absolute Gasteiger partial charge is 0.140 e. The van der Waals surface area contributed by atoms with E-state index in [-0.39, 0.29) is 11.4 Å². The Morgan fingerprint density at radius 2 is 2.25 bits per heavy atom. The lowest BCUT2D eigenvalue weighted by molar-refractivity contribution is -0.115. The minimum atomic E-state index is -0.383. The van der Waals surface area contributed by atoms with Crippen LogP contribution in [0.2, 0.25) is 0 Å². The Morgan fingerprint density at radius 1 is 1.50 bits per heavy atom. The van der Waals surface area contributed by atoms with Gasteiger partial charge >= 0.3 is 0 Å². The number of rotatable bonds is 4. The van der Waals surface area contributed by atoms with Gasteiger partial charge in [0, 0.05) is 4.90 Å². The summed E-state index contributed by atoms with van der Waals surface area (Å²) in [6.07, 6.45) is 3.79. The number of halogens is 1. The summed E-state index contributed by atoms with van der Waals surface area (Å²) in [6.45, 7) is 1.73. The lowest BCUT2D eigenvalue weighted by Gasteiger charge is -2.36. The standard InChI is InChI=1S/C12H14FNOS/c1-9-3-4-10(7-11(9)13)16-14-12(8-15)5-2-6-12/h3-4,7-8,14H,2,5-6H2,1H3. The van der Waals surface area contributed by atoms with Gasteiger partial charge in [-0.15, -0.1) is 0 Å². The van der Waals surface area contributed by atoms with Crippen molar-refractivity contribution < 1.29 is 9.18 Å². The second kappa shape index (κ2) is 4.55. The Hall–Kier alpha value is -0.870. The quantitative estimate of drug-likeness (QED) is 0.647. The van der Waals surface area contributed by atoms with Crippen LogP contribution in [0.3, 0.4) is 0 Å². The van der Waals surface area contributed by atoms with Gasteiger partial charge in [0.2, 0.25) is 0 Å². The number of carbonyl (C=O) groups excluding carboxylic acids is 1. The van der Waals surface area contributed by atoms with Crippen molar-refractivity contribution in [3.8, 4) is 0 Å². The Balaban J connectivity index is 1.99. The monoisotopic (exact) mass is 239 g/mol. The molecular formula is C12H14FNOS. The number of carbonyl (C=O) groups is 1. The summed E-state index contributed by atoms with van der Waals surface area (Å²) < 4.78 is 16.4. The molecule has 86 valence electrons. The molecule has 0 aromatic heterocycles. The van der Waals surface area contributed by atoms with Gasteiger partial charge in [0.1, 0.15) is 12.1 Å². The van der Waals surface area contributed by atoms with Crippen LogP contribution < -0.4 is 4.72 Å². The van der Waals surface area contributed by atoms with Gasteiger partial charge in [-0.25, -0.2) is 9.11 Å². The number of hydrogen-bond donors (Lipinski definition) is 1. The van der Waals surface area contributed by atoms with E-state index in [9.17, 15) is 9.18 Å². The molecular weight excluding hydrogens is 225 g/mol. The molecule has 4 heteroatoms. The van der Waals surface area contributed by atoms with Crippen molar-refractivity contribution in [3.63, 3.8) is 0 Å². The van der Waals surface area contributed by atoms with Crippen LogP contribution in [0.1, 0.15) is 24.8 Å². The first-order valence-corrected chi connectivity index (χ1v) is 6.13. The fraction of sp³-hybridized carbons (Fsp3) is 0.417. The van der Waals surface area contributed by atoms with Crippen molar-refractivity contribution in [2.45, 2.75) is 36.6 Å². The van der Waals surface area contributed by atoms with Crippen molar-refractivity contribution in [2.75, 3.05) is 0 Å². The van der Waals surface area contributed by atoms with E-state index in [1.54, 1.807) is 13.0 Å². The third kappa shape index (κ3) is 2.28. The minimum absolute atomic E-state index is 0.208. The van der Waals surface area contributed by atoms with Crippen molar-refractivity contribution in [1.29, 1.82) is 0 Å². The number of benzene rings is 1. The van der Waals surface area contributed by atoms with Gasteiger partial charge in [-0.2, -0.15) is 0 Å². The van der Waals surface area contributed by atoms with E-state index >= 15 is 0 Å². The van der Waals surface area contributed by atoms with E-state index in [1.165, 1.54) is 18.0 Å². The molecule has 1 N–H and O–H groups in total. The second-order valence-electron chi connectivity index (χ2n) is 4.24. The molecule has 0 unspecified atom stereocenters. The van der Waals surface area contributed by atoms with Gasteiger partial charge in [0.15, 0.2) is 0 Å². The average molecular weight is 239 g/mol. The van der Waals surface area contributed by atoms with Crippen LogP contribution in [0.15, 0.2) is 23.1 Å². The Morgan fingerprint density at radius 3 is 2.75 bits per heavy atom. The fourth-order valence-electron chi connectivity index (χ4n) is 1.60. The van der Waals surface area contributed by atoms with Crippen molar-refractivity contribution >= 4 is 18.2 Å². The van der Waals surface area contributed by atoms with E-state index in [0.29, 0.717) is 5.56 Å². The SMILES string of the molecule is Cc1ccc(SNC2(C=O)CCC2)cc1F. The van der Waals surface area contributed by atoms with Crippen LogP contribution in [-0.4, -0.2) is 11.8 Å². The van der Waals surface area contributed by atoms with Gasteiger partial charge < -0.3 is 4.79 Å². The molecule has 1 aromatic rings. The average Bonchev–Trinajstić information content (AvgIpc) is 2.22. The van der Waals surface area contributed by atoms with Crippen molar-refractivity contribution in [3.05, 3.63) is 29.6 Å². The topological polar surface area (TPSA) is 29.1 Å². The molecule has 1 aliphatic rings. The lowest BCUT2D eigenvalue weighted by Crippen LogP contribution is -2.49. The Labute approximate surface area is 98.8 Å². The molecule has 2 nitrogen and oxygen atoms in total. The molecule has 2 rings (SSSR count). The van der Waals surface area contributed by atoms with E-state index in [4.69, 9.17) is 0 Å². The van der Waals surface area contributed by atoms with E-state index in [2.05, 4.69) is 4.72 Å². The zero-order chi connectivity index (χ0) is 11.6. The first-order chi connectivity index (χ1) is 7.65. The highest BCUT2D eigenvalue weighted by Crippen LogP contribution is 2.33. The van der Waals surface area contributed by atoms with E-state index in [0.717, 1.165) is 30.4 Å². The summed E-state index contributed by atoms with van der Waals surface area (Å²) in [5, 5.41) is 0. The van der Waals surface area contributed by atoms with Crippen molar-refractivity contribution in [2.24, 2.45) is 0 Å². The van der Waals surface area contributed by atoms with Gasteiger partial charge in [-0.3, -0.25) is 0 Å². The molecule has 1 aliphatic carbocycles. The van der Waals surface area contributed by atoms with Gasteiger partial charge in [-0.1, -0.05) is 6.07 Å². The summed E-state index contributed by atoms with van der Waals surface area (Å²) in [5.41, 5.74) is 0.254. The van der Waals surface area contributed by atoms with Crippen LogP contribution in [0.4, 0.5) is 4.39 Å². The molecule has 1 fully saturated rings. The molecule has 0 spiro atoms. The molecule has 0 aliphatic heterocycles. The third-order valence-electron chi connectivity index (χ3n) is 2.99. The molecule has 0 heterocycles. The number of hydrogen-bond acceptors (Lipinski definition) is 3. The lowest BCUT2D eigenvalue weighted by atomic mass is 9.79. The first-order valence-electron chi connectivity index (χ1n) is 5.32. The summed E-state index contributed by atoms with van der Waals surface area (Å²) in [7, 11) is 0. The highest BCUT2D eigenvalue weighted by atomic mass is 32.2. The largest absolute Gasteiger partial charge is 0.301 e. The third-order valence-corrected chi connectivity index (χ3v) is 3.99. The van der Waals surface area contributed by atoms with Crippen LogP contribution >= 0.6 is 11.9 Å². The van der Waals surface area contributed by atoms with Crippen LogP contribution in [-0.2, 0) is 4.79 Å². The maximum atomic E-state index is 13.3. The Kier molecular flexibility index (Phi) is 3.30. The number of nitrogens with one attached hydrogen (secondary N) is 1. The zero-order valence-electron chi connectivity index (χ0n) is 9.13.